The molecule has 1 heterocycles. The van der Waals surface area contributed by atoms with Crippen LogP contribution in [0.4, 0.5) is 4.39 Å². The molecule has 0 radical (unpaired) electrons. The minimum atomic E-state index is -0.404. The van der Waals surface area contributed by atoms with E-state index in [4.69, 9.17) is 11.6 Å². The minimum Gasteiger partial charge on any atom is -0.306 e. The third-order valence-electron chi connectivity index (χ3n) is 2.82. The van der Waals surface area contributed by atoms with Gasteiger partial charge >= 0.3 is 0 Å². The molecule has 0 bridgehead atoms. The molecule has 2 aromatic rings. The number of halogens is 3. The van der Waals surface area contributed by atoms with Gasteiger partial charge in [-0.05, 0) is 46.2 Å². The zero-order valence-electron chi connectivity index (χ0n) is 10.3. The summed E-state index contributed by atoms with van der Waals surface area (Å²) in [7, 11) is 0. The third kappa shape index (κ3) is 3.14. The van der Waals surface area contributed by atoms with Crippen molar-refractivity contribution in [2.45, 2.75) is 13.0 Å². The monoisotopic (exact) mass is 342 g/mol. The van der Waals surface area contributed by atoms with Gasteiger partial charge in [-0.3, -0.25) is 4.98 Å². The van der Waals surface area contributed by atoms with E-state index < -0.39 is 5.82 Å². The molecule has 0 spiro atoms. The van der Waals surface area contributed by atoms with Crippen LogP contribution in [0.1, 0.15) is 24.1 Å². The molecule has 1 atom stereocenters. The lowest BCUT2D eigenvalue weighted by Crippen LogP contribution is -2.23. The van der Waals surface area contributed by atoms with Gasteiger partial charge in [0, 0.05) is 22.4 Å². The topological polar surface area (TPSA) is 24.9 Å². The molecule has 0 saturated heterocycles. The third-order valence-corrected chi connectivity index (χ3v) is 4.08. The Balaban J connectivity index is 2.49. The maximum Gasteiger partial charge on any atom is 0.148 e. The summed E-state index contributed by atoms with van der Waals surface area (Å²) in [4.78, 5) is 3.98. The summed E-state index contributed by atoms with van der Waals surface area (Å²) >= 11 is 9.17. The summed E-state index contributed by atoms with van der Waals surface area (Å²) in [6, 6.07) is 6.98. The molecule has 0 amide bonds. The zero-order valence-corrected chi connectivity index (χ0v) is 12.7. The fourth-order valence-electron chi connectivity index (χ4n) is 1.93. The van der Waals surface area contributed by atoms with Crippen molar-refractivity contribution < 1.29 is 4.39 Å². The van der Waals surface area contributed by atoms with Crippen LogP contribution >= 0.6 is 27.5 Å². The molecule has 1 N–H and O–H groups in total. The number of benzene rings is 1. The van der Waals surface area contributed by atoms with Crippen molar-refractivity contribution in [3.05, 3.63) is 63.1 Å². The summed E-state index contributed by atoms with van der Waals surface area (Å²) in [5.41, 5.74) is 1.48. The van der Waals surface area contributed by atoms with Crippen molar-refractivity contribution >= 4 is 27.5 Å². The summed E-state index contributed by atoms with van der Waals surface area (Å²) in [5, 5.41) is 3.37. The number of hydrogen-bond acceptors (Lipinski definition) is 2. The van der Waals surface area contributed by atoms with E-state index in [1.54, 1.807) is 24.5 Å². The number of aromatic nitrogens is 1. The Morgan fingerprint density at radius 2 is 2.00 bits per heavy atom. The van der Waals surface area contributed by atoms with Crippen LogP contribution < -0.4 is 5.32 Å². The van der Waals surface area contributed by atoms with Gasteiger partial charge < -0.3 is 5.32 Å². The van der Waals surface area contributed by atoms with Crippen LogP contribution in [0.5, 0.6) is 0 Å². The van der Waals surface area contributed by atoms with Crippen LogP contribution in [0.2, 0.25) is 5.02 Å². The Morgan fingerprint density at radius 3 is 2.63 bits per heavy atom. The van der Waals surface area contributed by atoms with E-state index >= 15 is 0 Å². The quantitative estimate of drug-likeness (QED) is 0.836. The number of pyridine rings is 1. The van der Waals surface area contributed by atoms with Crippen LogP contribution in [-0.2, 0) is 0 Å². The highest BCUT2D eigenvalue weighted by Gasteiger charge is 2.19. The largest absolute Gasteiger partial charge is 0.306 e. The van der Waals surface area contributed by atoms with Crippen molar-refractivity contribution in [1.82, 2.24) is 10.3 Å². The standard InChI is InChI=1S/C14H13BrClFN2/c1-2-19-14(9-5-7-18-8-6-9)10-3-4-11(15)12(16)13(10)17/h3-8,14,19H,2H2,1H3. The predicted octanol–water partition coefficient (Wildman–Crippen LogP) is 4.34. The van der Waals surface area contributed by atoms with Crippen molar-refractivity contribution in [3.8, 4) is 0 Å². The predicted molar refractivity (Wildman–Crippen MR) is 78.9 cm³/mol. The van der Waals surface area contributed by atoms with Gasteiger partial charge in [-0.25, -0.2) is 4.39 Å². The van der Waals surface area contributed by atoms with E-state index in [0.29, 0.717) is 10.0 Å². The van der Waals surface area contributed by atoms with Crippen molar-refractivity contribution in [3.63, 3.8) is 0 Å². The Labute approximate surface area is 125 Å². The van der Waals surface area contributed by atoms with E-state index in [1.165, 1.54) is 0 Å². The fourth-order valence-corrected chi connectivity index (χ4v) is 2.41. The van der Waals surface area contributed by atoms with Gasteiger partial charge in [0.25, 0.3) is 0 Å². The Bertz CT molecular complexity index is 563. The number of hydrogen-bond donors (Lipinski definition) is 1. The first kappa shape index (κ1) is 14.4. The molecular weight excluding hydrogens is 331 g/mol. The van der Waals surface area contributed by atoms with Gasteiger partial charge in [-0.1, -0.05) is 24.6 Å². The average molecular weight is 344 g/mol. The SMILES string of the molecule is CCNC(c1ccncc1)c1ccc(Br)c(Cl)c1F. The molecule has 1 aromatic carbocycles. The highest BCUT2D eigenvalue weighted by Crippen LogP contribution is 2.32. The van der Waals surface area contributed by atoms with E-state index in [0.717, 1.165) is 12.1 Å². The molecule has 0 saturated carbocycles. The van der Waals surface area contributed by atoms with Crippen LogP contribution in [0.25, 0.3) is 0 Å². The lowest BCUT2D eigenvalue weighted by atomic mass is 9.99. The van der Waals surface area contributed by atoms with Crippen LogP contribution in [0.3, 0.4) is 0 Å². The molecule has 5 heteroatoms. The summed E-state index contributed by atoms with van der Waals surface area (Å²) in [5.74, 6) is -0.404. The Kier molecular flexibility index (Phi) is 4.91. The molecule has 0 fully saturated rings. The van der Waals surface area contributed by atoms with Crippen molar-refractivity contribution in [1.29, 1.82) is 0 Å². The maximum atomic E-state index is 14.3. The van der Waals surface area contributed by atoms with E-state index in [-0.39, 0.29) is 11.1 Å². The molecule has 0 aliphatic heterocycles. The highest BCUT2D eigenvalue weighted by molar-refractivity contribution is 9.10. The second-order valence-electron chi connectivity index (χ2n) is 4.04. The van der Waals surface area contributed by atoms with Crippen molar-refractivity contribution in [2.75, 3.05) is 6.54 Å². The first-order valence-electron chi connectivity index (χ1n) is 5.91. The zero-order chi connectivity index (χ0) is 13.8. The molecular formula is C14H13BrClFN2. The lowest BCUT2D eigenvalue weighted by molar-refractivity contribution is 0.558. The molecule has 0 aliphatic carbocycles. The summed E-state index contributed by atoms with van der Waals surface area (Å²) in [6.07, 6.45) is 3.39. The van der Waals surface area contributed by atoms with Gasteiger partial charge in [-0.2, -0.15) is 0 Å². The minimum absolute atomic E-state index is 0.106. The number of rotatable bonds is 4. The van der Waals surface area contributed by atoms with Gasteiger partial charge in [0.2, 0.25) is 0 Å². The Hall–Kier alpha value is -0.970. The Morgan fingerprint density at radius 1 is 1.32 bits per heavy atom. The van der Waals surface area contributed by atoms with Crippen LogP contribution in [0.15, 0.2) is 41.1 Å². The van der Waals surface area contributed by atoms with Gasteiger partial charge in [0.05, 0.1) is 11.1 Å². The van der Waals surface area contributed by atoms with E-state index in [1.807, 2.05) is 19.1 Å². The van der Waals surface area contributed by atoms with Crippen molar-refractivity contribution in [2.24, 2.45) is 0 Å². The maximum absolute atomic E-state index is 14.3. The van der Waals surface area contributed by atoms with Gasteiger partial charge in [0.15, 0.2) is 0 Å². The number of nitrogens with one attached hydrogen (secondary N) is 1. The highest BCUT2D eigenvalue weighted by atomic mass is 79.9. The molecule has 1 unspecified atom stereocenters. The molecule has 100 valence electrons. The smallest absolute Gasteiger partial charge is 0.148 e. The lowest BCUT2D eigenvalue weighted by Gasteiger charge is -2.20. The average Bonchev–Trinajstić information content (AvgIpc) is 2.44. The first-order valence-corrected chi connectivity index (χ1v) is 7.09. The van der Waals surface area contributed by atoms with E-state index in [9.17, 15) is 4.39 Å². The number of nitrogens with zero attached hydrogens (tertiary/aromatic N) is 1. The summed E-state index contributed by atoms with van der Waals surface area (Å²) in [6.45, 7) is 2.70. The molecule has 0 aliphatic rings. The first-order chi connectivity index (χ1) is 9.15. The van der Waals surface area contributed by atoms with Crippen LogP contribution in [0, 0.1) is 5.82 Å². The normalized spacial score (nSPS) is 12.4. The fraction of sp³-hybridized carbons (Fsp3) is 0.214. The molecule has 19 heavy (non-hydrogen) atoms. The van der Waals surface area contributed by atoms with Crippen LogP contribution in [-0.4, -0.2) is 11.5 Å². The molecule has 2 nitrogen and oxygen atoms in total. The second kappa shape index (κ2) is 6.46. The van der Waals surface area contributed by atoms with E-state index in [2.05, 4.69) is 26.2 Å². The molecule has 1 aromatic heterocycles. The second-order valence-corrected chi connectivity index (χ2v) is 5.27. The van der Waals surface area contributed by atoms with Gasteiger partial charge in [-0.15, -0.1) is 0 Å². The summed E-state index contributed by atoms with van der Waals surface area (Å²) < 4.78 is 14.9. The van der Waals surface area contributed by atoms with Gasteiger partial charge in [0.1, 0.15) is 5.82 Å². The molecule has 2 rings (SSSR count).